The van der Waals surface area contributed by atoms with Crippen molar-refractivity contribution in [2.45, 2.75) is 31.1 Å². The summed E-state index contributed by atoms with van der Waals surface area (Å²) in [5.74, 6) is 0.175. The van der Waals surface area contributed by atoms with E-state index in [9.17, 15) is 13.2 Å². The fraction of sp³-hybridized carbons (Fsp3) is 0.269. The second kappa shape index (κ2) is 8.65. The van der Waals surface area contributed by atoms with Gasteiger partial charge in [0.1, 0.15) is 5.58 Å². The summed E-state index contributed by atoms with van der Waals surface area (Å²) in [6.45, 7) is 3.18. The molecule has 2 heterocycles. The van der Waals surface area contributed by atoms with Gasteiger partial charge in [0, 0.05) is 29.7 Å². The SMILES string of the molecule is CC1CCCN(S(=O)(=O)c2ccc(NC(=O)Cc3coc4ccc5ccccc5c34)cc2)C1. The minimum absolute atomic E-state index is 0.159. The number of piperidine rings is 1. The van der Waals surface area contributed by atoms with E-state index in [0.717, 1.165) is 40.1 Å². The molecule has 1 atom stereocenters. The van der Waals surface area contributed by atoms with E-state index < -0.39 is 10.0 Å². The van der Waals surface area contributed by atoms with Gasteiger partial charge in [0.05, 0.1) is 17.6 Å². The lowest BCUT2D eigenvalue weighted by atomic mass is 10.0. The highest BCUT2D eigenvalue weighted by Gasteiger charge is 2.28. The van der Waals surface area contributed by atoms with Crippen molar-refractivity contribution in [1.29, 1.82) is 0 Å². The molecule has 0 radical (unpaired) electrons. The predicted octanol–water partition coefficient (Wildman–Crippen LogP) is 5.19. The Morgan fingerprint density at radius 2 is 1.88 bits per heavy atom. The third-order valence-electron chi connectivity index (χ3n) is 6.29. The quantitative estimate of drug-likeness (QED) is 0.443. The van der Waals surface area contributed by atoms with Crippen LogP contribution >= 0.6 is 0 Å². The number of carbonyl (C=O) groups is 1. The van der Waals surface area contributed by atoms with Crippen LogP contribution in [-0.4, -0.2) is 31.7 Å². The van der Waals surface area contributed by atoms with E-state index in [4.69, 9.17) is 4.42 Å². The van der Waals surface area contributed by atoms with Crippen molar-refractivity contribution < 1.29 is 17.6 Å². The number of benzene rings is 3. The first-order chi connectivity index (χ1) is 15.9. The number of anilines is 1. The summed E-state index contributed by atoms with van der Waals surface area (Å²) in [4.78, 5) is 13.0. The van der Waals surface area contributed by atoms with Crippen LogP contribution in [0.15, 0.2) is 76.2 Å². The Morgan fingerprint density at radius 1 is 1.09 bits per heavy atom. The number of hydrogen-bond donors (Lipinski definition) is 1. The summed E-state index contributed by atoms with van der Waals surface area (Å²) in [5, 5.41) is 5.95. The van der Waals surface area contributed by atoms with E-state index in [0.29, 0.717) is 24.7 Å². The van der Waals surface area contributed by atoms with Gasteiger partial charge in [-0.25, -0.2) is 8.42 Å². The first-order valence-corrected chi connectivity index (χ1v) is 12.6. The van der Waals surface area contributed by atoms with E-state index in [1.165, 1.54) is 0 Å². The van der Waals surface area contributed by atoms with Crippen LogP contribution in [0.25, 0.3) is 21.7 Å². The maximum absolute atomic E-state index is 12.9. The number of rotatable bonds is 5. The van der Waals surface area contributed by atoms with Crippen molar-refractivity contribution in [2.24, 2.45) is 5.92 Å². The molecule has 1 amide bonds. The maximum Gasteiger partial charge on any atom is 0.243 e. The zero-order valence-electron chi connectivity index (χ0n) is 18.5. The van der Waals surface area contributed by atoms with Gasteiger partial charge < -0.3 is 9.73 Å². The highest BCUT2D eigenvalue weighted by Crippen LogP contribution is 2.30. The normalized spacial score (nSPS) is 17.4. The van der Waals surface area contributed by atoms with Crippen LogP contribution in [0.1, 0.15) is 25.3 Å². The van der Waals surface area contributed by atoms with E-state index >= 15 is 0 Å². The third-order valence-corrected chi connectivity index (χ3v) is 8.17. The van der Waals surface area contributed by atoms with E-state index in [1.807, 2.05) is 36.4 Å². The number of furan rings is 1. The molecule has 7 heteroatoms. The number of hydrogen-bond acceptors (Lipinski definition) is 4. The van der Waals surface area contributed by atoms with E-state index in [1.54, 1.807) is 34.8 Å². The number of amides is 1. The monoisotopic (exact) mass is 462 g/mol. The zero-order chi connectivity index (χ0) is 23.0. The summed E-state index contributed by atoms with van der Waals surface area (Å²) in [6, 6.07) is 18.3. The van der Waals surface area contributed by atoms with Crippen LogP contribution in [0.2, 0.25) is 0 Å². The van der Waals surface area contributed by atoms with Gasteiger partial charge in [-0.3, -0.25) is 4.79 Å². The van der Waals surface area contributed by atoms with Crippen LogP contribution in [0.5, 0.6) is 0 Å². The summed E-state index contributed by atoms with van der Waals surface area (Å²) >= 11 is 0. The fourth-order valence-corrected chi connectivity index (χ4v) is 6.20. The minimum atomic E-state index is -3.52. The van der Waals surface area contributed by atoms with Crippen LogP contribution < -0.4 is 5.32 Å². The standard InChI is InChI=1S/C26H26N2O4S/c1-18-5-4-14-28(16-18)33(30,31)22-11-9-21(10-12-22)27-25(29)15-20-17-32-24-13-8-19-6-2-3-7-23(19)26(20)24/h2-3,6-13,17-18H,4-5,14-16H2,1H3,(H,27,29). The average Bonchev–Trinajstić information content (AvgIpc) is 3.22. The molecule has 5 rings (SSSR count). The molecule has 1 aliphatic heterocycles. The highest BCUT2D eigenvalue weighted by molar-refractivity contribution is 7.89. The second-order valence-corrected chi connectivity index (χ2v) is 10.7. The van der Waals surface area contributed by atoms with Gasteiger partial charge in [-0.2, -0.15) is 4.31 Å². The summed E-state index contributed by atoms with van der Waals surface area (Å²) < 4.78 is 33.1. The molecule has 1 aromatic heterocycles. The number of nitrogens with zero attached hydrogens (tertiary/aromatic N) is 1. The van der Waals surface area contributed by atoms with Gasteiger partial charge in [-0.05, 0) is 59.9 Å². The average molecular weight is 463 g/mol. The molecule has 1 aliphatic rings. The topological polar surface area (TPSA) is 79.6 Å². The molecule has 0 aliphatic carbocycles. The van der Waals surface area contributed by atoms with E-state index in [2.05, 4.69) is 12.2 Å². The molecule has 1 unspecified atom stereocenters. The molecular weight excluding hydrogens is 436 g/mol. The molecule has 0 spiro atoms. The summed E-state index contributed by atoms with van der Waals surface area (Å²) in [6.07, 6.45) is 3.73. The van der Waals surface area contributed by atoms with Crippen LogP contribution in [0.4, 0.5) is 5.69 Å². The Bertz CT molecular complexity index is 1420. The maximum atomic E-state index is 12.9. The van der Waals surface area contributed by atoms with Crippen LogP contribution in [-0.2, 0) is 21.2 Å². The van der Waals surface area contributed by atoms with E-state index in [-0.39, 0.29) is 17.2 Å². The van der Waals surface area contributed by atoms with Crippen molar-refractivity contribution in [3.63, 3.8) is 0 Å². The molecule has 1 N–H and O–H groups in total. The molecule has 3 aromatic carbocycles. The lowest BCUT2D eigenvalue weighted by Crippen LogP contribution is -2.39. The highest BCUT2D eigenvalue weighted by atomic mass is 32.2. The Balaban J connectivity index is 1.31. The summed E-state index contributed by atoms with van der Waals surface area (Å²) in [7, 11) is -3.52. The number of sulfonamides is 1. The van der Waals surface area contributed by atoms with Crippen molar-refractivity contribution in [1.82, 2.24) is 4.31 Å². The second-order valence-electron chi connectivity index (χ2n) is 8.78. The molecular formula is C26H26N2O4S. The smallest absolute Gasteiger partial charge is 0.243 e. The van der Waals surface area contributed by atoms with Crippen LogP contribution in [0.3, 0.4) is 0 Å². The lowest BCUT2D eigenvalue weighted by Gasteiger charge is -2.30. The number of nitrogens with one attached hydrogen (secondary N) is 1. The first-order valence-electron chi connectivity index (χ1n) is 11.2. The van der Waals surface area contributed by atoms with Gasteiger partial charge >= 0.3 is 0 Å². The summed E-state index contributed by atoms with van der Waals surface area (Å²) in [5.41, 5.74) is 2.12. The molecule has 6 nitrogen and oxygen atoms in total. The fourth-order valence-electron chi connectivity index (χ4n) is 4.61. The number of fused-ring (bicyclic) bond motifs is 3. The molecule has 1 saturated heterocycles. The van der Waals surface area contributed by atoms with Gasteiger partial charge in [0.25, 0.3) is 0 Å². The Hall–Kier alpha value is -3.16. The van der Waals surface area contributed by atoms with Crippen molar-refractivity contribution in [2.75, 3.05) is 18.4 Å². The van der Waals surface area contributed by atoms with Gasteiger partial charge in [-0.15, -0.1) is 0 Å². The van der Waals surface area contributed by atoms with Crippen LogP contribution in [0, 0.1) is 5.92 Å². The molecule has 33 heavy (non-hydrogen) atoms. The van der Waals surface area contributed by atoms with Crippen molar-refractivity contribution in [3.8, 4) is 0 Å². The molecule has 1 fully saturated rings. The Labute approximate surface area is 193 Å². The first kappa shape index (κ1) is 21.7. The molecule has 0 saturated carbocycles. The third kappa shape index (κ3) is 4.26. The molecule has 170 valence electrons. The van der Waals surface area contributed by atoms with Gasteiger partial charge in [0.2, 0.25) is 15.9 Å². The molecule has 0 bridgehead atoms. The Morgan fingerprint density at radius 3 is 2.67 bits per heavy atom. The number of carbonyl (C=O) groups excluding carboxylic acids is 1. The van der Waals surface area contributed by atoms with Gasteiger partial charge in [-0.1, -0.05) is 37.3 Å². The zero-order valence-corrected chi connectivity index (χ0v) is 19.3. The lowest BCUT2D eigenvalue weighted by molar-refractivity contribution is -0.115. The molecule has 4 aromatic rings. The predicted molar refractivity (Wildman–Crippen MR) is 130 cm³/mol. The van der Waals surface area contributed by atoms with Crippen molar-refractivity contribution >= 4 is 43.4 Å². The van der Waals surface area contributed by atoms with Gasteiger partial charge in [0.15, 0.2) is 0 Å². The largest absolute Gasteiger partial charge is 0.464 e. The minimum Gasteiger partial charge on any atom is -0.464 e. The Kier molecular flexibility index (Phi) is 5.68. The van der Waals surface area contributed by atoms with Crippen molar-refractivity contribution in [3.05, 3.63) is 72.5 Å².